The number of furan rings is 2. The summed E-state index contributed by atoms with van der Waals surface area (Å²) in [6.07, 6.45) is 0. The van der Waals surface area contributed by atoms with Crippen LogP contribution in [0.3, 0.4) is 0 Å². The third-order valence-corrected chi connectivity index (χ3v) is 11.4. The van der Waals surface area contributed by atoms with Crippen molar-refractivity contribution >= 4 is 87.0 Å². The van der Waals surface area contributed by atoms with Crippen molar-refractivity contribution in [3.8, 4) is 33.4 Å². The van der Waals surface area contributed by atoms with E-state index in [0.29, 0.717) is 0 Å². The smallest absolute Gasteiger partial charge is 0.178 e. The van der Waals surface area contributed by atoms with E-state index >= 15 is 0 Å². The van der Waals surface area contributed by atoms with Gasteiger partial charge in [0.05, 0.1) is 0 Å². The molecule has 0 saturated heterocycles. The second-order valence-corrected chi connectivity index (χ2v) is 14.4. The third-order valence-electron chi connectivity index (χ3n) is 11.4. The molecule has 250 valence electrons. The van der Waals surface area contributed by atoms with Crippen molar-refractivity contribution in [1.82, 2.24) is 0 Å². The minimum atomic E-state index is 0.790. The average molecular weight is 687 g/mol. The van der Waals surface area contributed by atoms with Crippen LogP contribution in [0, 0.1) is 0 Å². The highest BCUT2D eigenvalue weighted by atomic mass is 16.4. The fraction of sp³-hybridized carbons (Fsp3) is 0. The highest BCUT2D eigenvalue weighted by Crippen LogP contribution is 2.46. The molecule has 0 atom stereocenters. The van der Waals surface area contributed by atoms with Crippen LogP contribution in [-0.2, 0) is 0 Å². The van der Waals surface area contributed by atoms with Gasteiger partial charge in [0.15, 0.2) is 11.2 Å². The second-order valence-electron chi connectivity index (χ2n) is 14.4. The second kappa shape index (κ2) is 11.2. The van der Waals surface area contributed by atoms with Crippen LogP contribution >= 0.6 is 0 Å². The molecule has 0 fully saturated rings. The van der Waals surface area contributed by atoms with Gasteiger partial charge in [0.25, 0.3) is 0 Å². The summed E-state index contributed by atoms with van der Waals surface area (Å²) in [6.45, 7) is 0. The van der Waals surface area contributed by atoms with Crippen molar-refractivity contribution in [3.05, 3.63) is 182 Å². The molecular weight excluding hydrogens is 657 g/mol. The summed E-state index contributed by atoms with van der Waals surface area (Å²) in [5, 5.41) is 14.1. The van der Waals surface area contributed by atoms with Crippen LogP contribution in [0.4, 0.5) is 0 Å². The van der Waals surface area contributed by atoms with E-state index in [4.69, 9.17) is 8.83 Å². The van der Waals surface area contributed by atoms with Gasteiger partial charge in [-0.3, -0.25) is 0 Å². The molecule has 54 heavy (non-hydrogen) atoms. The van der Waals surface area contributed by atoms with Crippen LogP contribution in [0.5, 0.6) is 0 Å². The van der Waals surface area contributed by atoms with Crippen LogP contribution in [-0.4, -0.2) is 0 Å². The van der Waals surface area contributed by atoms with Gasteiger partial charge >= 0.3 is 0 Å². The maximum absolute atomic E-state index is 6.62. The largest absolute Gasteiger partial charge is 0.452 e. The lowest BCUT2D eigenvalue weighted by atomic mass is 9.85. The van der Waals surface area contributed by atoms with E-state index in [2.05, 4.69) is 182 Å². The molecule has 0 saturated carbocycles. The normalized spacial score (nSPS) is 12.1. The van der Waals surface area contributed by atoms with Crippen molar-refractivity contribution in [2.24, 2.45) is 0 Å². The molecule has 0 bridgehead atoms. The van der Waals surface area contributed by atoms with E-state index in [-0.39, 0.29) is 0 Å². The van der Waals surface area contributed by atoms with Crippen LogP contribution in [0.2, 0.25) is 0 Å². The van der Waals surface area contributed by atoms with Gasteiger partial charge in [0.1, 0.15) is 11.2 Å². The standard InChI is InChI=1S/C52H30O2/c1-2-12-33-28-37(21-20-31(33)10-1)49-41-18-7-5-16-39(41)48(40-17-6-8-19-42(40)49)36-14-9-13-34(29-36)35-23-27-47-46(30-35)45-26-25-44-43-24-22-32-11-3-4-15-38(32)50(43)54-52(44)51(45)53-47/h1-30H. The number of fused-ring (bicyclic) bond motifs is 12. The first-order valence-electron chi connectivity index (χ1n) is 18.5. The molecule has 0 aliphatic heterocycles. The Morgan fingerprint density at radius 3 is 1.48 bits per heavy atom. The summed E-state index contributed by atoms with van der Waals surface area (Å²) in [7, 11) is 0. The van der Waals surface area contributed by atoms with Gasteiger partial charge in [0.2, 0.25) is 0 Å². The monoisotopic (exact) mass is 686 g/mol. The molecular formula is C52H30O2. The lowest BCUT2D eigenvalue weighted by Crippen LogP contribution is -1.91. The van der Waals surface area contributed by atoms with Crippen LogP contribution in [0.15, 0.2) is 191 Å². The molecule has 0 aliphatic rings. The Bertz CT molecular complexity index is 3450. The summed E-state index contributed by atoms with van der Waals surface area (Å²) in [5.41, 5.74) is 10.6. The molecule has 12 rings (SSSR count). The fourth-order valence-electron chi connectivity index (χ4n) is 8.93. The predicted molar refractivity (Wildman–Crippen MR) is 227 cm³/mol. The zero-order valence-electron chi connectivity index (χ0n) is 29.1. The van der Waals surface area contributed by atoms with E-state index in [1.54, 1.807) is 0 Å². The zero-order valence-corrected chi connectivity index (χ0v) is 29.1. The highest BCUT2D eigenvalue weighted by Gasteiger charge is 2.20. The molecule has 2 heterocycles. The van der Waals surface area contributed by atoms with E-state index in [1.165, 1.54) is 60.0 Å². The molecule has 0 aliphatic carbocycles. The van der Waals surface area contributed by atoms with Gasteiger partial charge in [-0.2, -0.15) is 0 Å². The van der Waals surface area contributed by atoms with Crippen molar-refractivity contribution in [2.75, 3.05) is 0 Å². The molecule has 0 unspecified atom stereocenters. The summed E-state index contributed by atoms with van der Waals surface area (Å²) in [4.78, 5) is 0. The molecule has 0 amide bonds. The summed E-state index contributed by atoms with van der Waals surface area (Å²) in [6, 6.07) is 65.8. The number of hydrogen-bond acceptors (Lipinski definition) is 2. The third kappa shape index (κ3) is 4.22. The van der Waals surface area contributed by atoms with Crippen molar-refractivity contribution in [1.29, 1.82) is 0 Å². The number of benzene rings is 10. The SMILES string of the molecule is c1cc(-c2ccc3oc4c(ccc5c6ccc7ccccc7c6oc54)c3c2)cc(-c2c3ccccc3c(-c3ccc4ccccc4c3)c3ccccc23)c1. The maximum atomic E-state index is 6.62. The van der Waals surface area contributed by atoms with E-state index in [1.807, 2.05) is 0 Å². The molecule has 2 heteroatoms. The van der Waals surface area contributed by atoms with Gasteiger partial charge < -0.3 is 8.83 Å². The Morgan fingerprint density at radius 2 is 0.741 bits per heavy atom. The molecule has 12 aromatic rings. The topological polar surface area (TPSA) is 26.3 Å². The van der Waals surface area contributed by atoms with Crippen molar-refractivity contribution < 1.29 is 8.83 Å². The lowest BCUT2D eigenvalue weighted by Gasteiger charge is -2.18. The Labute approximate surface area is 310 Å². The molecule has 0 spiro atoms. The first-order valence-corrected chi connectivity index (χ1v) is 18.5. The molecule has 0 radical (unpaired) electrons. The first-order chi connectivity index (χ1) is 26.8. The van der Waals surface area contributed by atoms with Crippen LogP contribution < -0.4 is 0 Å². The van der Waals surface area contributed by atoms with E-state index in [0.717, 1.165) is 60.4 Å². The summed E-state index contributed by atoms with van der Waals surface area (Å²) in [5.74, 6) is 0. The van der Waals surface area contributed by atoms with E-state index in [9.17, 15) is 0 Å². The van der Waals surface area contributed by atoms with Crippen LogP contribution in [0.1, 0.15) is 0 Å². The Kier molecular flexibility index (Phi) is 6.09. The highest BCUT2D eigenvalue weighted by molar-refractivity contribution is 6.23. The quantitative estimate of drug-likeness (QED) is 0.173. The Hall–Kier alpha value is -7.16. The first kappa shape index (κ1) is 29.4. The molecule has 10 aromatic carbocycles. The van der Waals surface area contributed by atoms with Crippen molar-refractivity contribution in [2.45, 2.75) is 0 Å². The number of rotatable bonds is 3. The van der Waals surface area contributed by atoms with Crippen molar-refractivity contribution in [3.63, 3.8) is 0 Å². The minimum Gasteiger partial charge on any atom is -0.452 e. The van der Waals surface area contributed by atoms with Gasteiger partial charge in [-0.25, -0.2) is 0 Å². The van der Waals surface area contributed by atoms with E-state index < -0.39 is 0 Å². The summed E-state index contributed by atoms with van der Waals surface area (Å²) >= 11 is 0. The zero-order chi connectivity index (χ0) is 35.3. The predicted octanol–water partition coefficient (Wildman–Crippen LogP) is 15.1. The van der Waals surface area contributed by atoms with Gasteiger partial charge in [-0.15, -0.1) is 0 Å². The Balaban J connectivity index is 1.03. The molecule has 0 N–H and O–H groups in total. The molecule has 2 aromatic heterocycles. The average Bonchev–Trinajstić information content (AvgIpc) is 3.81. The van der Waals surface area contributed by atoms with Gasteiger partial charge in [0, 0.05) is 26.9 Å². The minimum absolute atomic E-state index is 0.790. The number of hydrogen-bond donors (Lipinski definition) is 0. The fourth-order valence-corrected chi connectivity index (χ4v) is 8.93. The summed E-state index contributed by atoms with van der Waals surface area (Å²) < 4.78 is 13.2. The van der Waals surface area contributed by atoms with Gasteiger partial charge in [-0.05, 0) is 114 Å². The van der Waals surface area contributed by atoms with Gasteiger partial charge in [-0.1, -0.05) is 140 Å². The Morgan fingerprint density at radius 1 is 0.241 bits per heavy atom. The molecule has 2 nitrogen and oxygen atoms in total. The maximum Gasteiger partial charge on any atom is 0.178 e. The van der Waals surface area contributed by atoms with Crippen LogP contribution in [0.25, 0.3) is 120 Å². The lowest BCUT2D eigenvalue weighted by molar-refractivity contribution is 0.635.